The van der Waals surface area contributed by atoms with Crippen LogP contribution in [0.2, 0.25) is 5.02 Å². The third-order valence-corrected chi connectivity index (χ3v) is 3.44. The molecule has 102 valence electrons. The van der Waals surface area contributed by atoms with Gasteiger partial charge >= 0.3 is 0 Å². The third kappa shape index (κ3) is 2.16. The first-order valence-electron chi connectivity index (χ1n) is 5.99. The molecule has 1 unspecified atom stereocenters. The summed E-state index contributed by atoms with van der Waals surface area (Å²) in [5.74, 6) is -1.40. The maximum absolute atomic E-state index is 13.7. The van der Waals surface area contributed by atoms with E-state index in [2.05, 4.69) is 0 Å². The molecule has 1 heterocycles. The first-order valence-corrected chi connectivity index (χ1v) is 6.37. The van der Waals surface area contributed by atoms with Gasteiger partial charge in [0.15, 0.2) is 5.78 Å². The Hall–Kier alpha value is -1.94. The van der Waals surface area contributed by atoms with Crippen molar-refractivity contribution in [1.82, 2.24) is 0 Å². The van der Waals surface area contributed by atoms with Crippen molar-refractivity contribution in [3.05, 3.63) is 64.2 Å². The van der Waals surface area contributed by atoms with Crippen LogP contribution in [-0.2, 0) is 0 Å². The van der Waals surface area contributed by atoms with Crippen molar-refractivity contribution < 1.29 is 18.3 Å². The van der Waals surface area contributed by atoms with Crippen molar-refractivity contribution in [3.63, 3.8) is 0 Å². The molecule has 3 rings (SSSR count). The van der Waals surface area contributed by atoms with E-state index in [1.807, 2.05) is 0 Å². The van der Waals surface area contributed by atoms with Crippen LogP contribution in [0.25, 0.3) is 0 Å². The molecule has 0 spiro atoms. The molecule has 20 heavy (non-hydrogen) atoms. The summed E-state index contributed by atoms with van der Waals surface area (Å²) >= 11 is 5.82. The van der Waals surface area contributed by atoms with Crippen molar-refractivity contribution in [3.8, 4) is 5.75 Å². The normalized spacial score (nSPS) is 17.6. The van der Waals surface area contributed by atoms with E-state index < -0.39 is 17.7 Å². The molecule has 1 aliphatic heterocycles. The molecule has 1 aliphatic rings. The van der Waals surface area contributed by atoms with Crippen molar-refractivity contribution in [2.75, 3.05) is 0 Å². The molecule has 1 atom stereocenters. The molecule has 0 aromatic heterocycles. The highest BCUT2D eigenvalue weighted by atomic mass is 35.5. The summed E-state index contributed by atoms with van der Waals surface area (Å²) in [5, 5.41) is 0.413. The lowest BCUT2D eigenvalue weighted by Gasteiger charge is -2.26. The van der Waals surface area contributed by atoms with Gasteiger partial charge in [-0.25, -0.2) is 8.78 Å². The van der Waals surface area contributed by atoms with E-state index in [-0.39, 0.29) is 17.8 Å². The third-order valence-electron chi connectivity index (χ3n) is 3.20. The average Bonchev–Trinajstić information content (AvgIpc) is 2.39. The Bertz CT molecular complexity index is 680. The minimum absolute atomic E-state index is 0.120. The largest absolute Gasteiger partial charge is 0.484 e. The minimum Gasteiger partial charge on any atom is -0.484 e. The molecule has 0 saturated carbocycles. The summed E-state index contributed by atoms with van der Waals surface area (Å²) in [5.41, 5.74) is 0.118. The fourth-order valence-electron chi connectivity index (χ4n) is 2.28. The van der Waals surface area contributed by atoms with E-state index in [9.17, 15) is 13.6 Å². The lowest BCUT2D eigenvalue weighted by atomic mass is 9.95. The molecule has 2 aromatic rings. The summed E-state index contributed by atoms with van der Waals surface area (Å²) in [4.78, 5) is 12.1. The Balaban J connectivity index is 2.04. The van der Waals surface area contributed by atoms with Crippen LogP contribution in [0, 0.1) is 11.6 Å². The lowest BCUT2D eigenvalue weighted by Crippen LogP contribution is -2.22. The smallest absolute Gasteiger partial charge is 0.170 e. The fraction of sp³-hybridized carbons (Fsp3) is 0.133. The lowest BCUT2D eigenvalue weighted by molar-refractivity contribution is 0.0841. The van der Waals surface area contributed by atoms with Crippen molar-refractivity contribution in [2.45, 2.75) is 12.5 Å². The zero-order chi connectivity index (χ0) is 14.3. The van der Waals surface area contributed by atoms with E-state index in [0.29, 0.717) is 16.3 Å². The summed E-state index contributed by atoms with van der Waals surface area (Å²) in [7, 11) is 0. The van der Waals surface area contributed by atoms with Crippen molar-refractivity contribution in [2.24, 2.45) is 0 Å². The molecule has 0 saturated heterocycles. The number of ketones is 1. The summed E-state index contributed by atoms with van der Waals surface area (Å²) in [6, 6.07) is 8.14. The minimum atomic E-state index is -0.961. The second kappa shape index (κ2) is 4.87. The van der Waals surface area contributed by atoms with Crippen LogP contribution in [0.1, 0.15) is 28.4 Å². The van der Waals surface area contributed by atoms with Crippen molar-refractivity contribution >= 4 is 17.4 Å². The van der Waals surface area contributed by atoms with Gasteiger partial charge in [0.2, 0.25) is 0 Å². The van der Waals surface area contributed by atoms with E-state index in [1.54, 1.807) is 6.07 Å². The molecule has 0 fully saturated rings. The summed E-state index contributed by atoms with van der Waals surface area (Å²) in [6.45, 7) is 0. The molecule has 0 bridgehead atoms. The van der Waals surface area contributed by atoms with Crippen LogP contribution in [0.5, 0.6) is 5.75 Å². The predicted octanol–water partition coefficient (Wildman–Crippen LogP) is 4.32. The van der Waals surface area contributed by atoms with E-state index in [0.717, 1.165) is 12.1 Å². The number of rotatable bonds is 1. The Morgan fingerprint density at radius 2 is 1.85 bits per heavy atom. The molecular formula is C15H9ClF2O2. The molecule has 0 aliphatic carbocycles. The molecule has 2 nitrogen and oxygen atoms in total. The van der Waals surface area contributed by atoms with E-state index in [4.69, 9.17) is 16.3 Å². The Morgan fingerprint density at radius 1 is 1.15 bits per heavy atom. The second-order valence-electron chi connectivity index (χ2n) is 4.51. The van der Waals surface area contributed by atoms with Gasteiger partial charge in [-0.2, -0.15) is 0 Å². The highest BCUT2D eigenvalue weighted by Gasteiger charge is 2.31. The first kappa shape index (κ1) is 13.1. The van der Waals surface area contributed by atoms with Gasteiger partial charge in [-0.3, -0.25) is 4.79 Å². The number of ether oxygens (including phenoxy) is 1. The van der Waals surface area contributed by atoms with Gasteiger partial charge in [0.05, 0.1) is 17.5 Å². The topological polar surface area (TPSA) is 26.3 Å². The Labute approximate surface area is 118 Å². The molecule has 0 radical (unpaired) electrons. The number of carbonyl (C=O) groups excluding carboxylic acids is 1. The van der Waals surface area contributed by atoms with Gasteiger partial charge in [0.1, 0.15) is 23.5 Å². The van der Waals surface area contributed by atoms with Gasteiger partial charge in [0, 0.05) is 5.02 Å². The molecule has 0 N–H and O–H groups in total. The number of Topliss-reactive ketones (excluding diaryl/α,β-unsaturated/α-hetero) is 1. The maximum Gasteiger partial charge on any atom is 0.170 e. The molecule has 5 heteroatoms. The fourth-order valence-corrected chi connectivity index (χ4v) is 2.45. The number of halogens is 3. The van der Waals surface area contributed by atoms with Crippen molar-refractivity contribution in [1.29, 1.82) is 0 Å². The van der Waals surface area contributed by atoms with Crippen LogP contribution in [-0.4, -0.2) is 5.78 Å². The van der Waals surface area contributed by atoms with Gasteiger partial charge < -0.3 is 4.74 Å². The quantitative estimate of drug-likeness (QED) is 0.783. The summed E-state index contributed by atoms with van der Waals surface area (Å²) < 4.78 is 33.0. The monoisotopic (exact) mass is 294 g/mol. The average molecular weight is 295 g/mol. The van der Waals surface area contributed by atoms with Gasteiger partial charge in [-0.15, -0.1) is 0 Å². The Morgan fingerprint density at radius 3 is 2.55 bits per heavy atom. The summed E-state index contributed by atoms with van der Waals surface area (Å²) in [6.07, 6.45) is -1.08. The number of fused-ring (bicyclic) bond motifs is 1. The number of benzene rings is 2. The highest BCUT2D eigenvalue weighted by Crippen LogP contribution is 2.37. The van der Waals surface area contributed by atoms with E-state index in [1.165, 1.54) is 18.2 Å². The van der Waals surface area contributed by atoms with Crippen LogP contribution in [0.4, 0.5) is 8.78 Å². The first-order chi connectivity index (χ1) is 9.56. The van der Waals surface area contributed by atoms with Crippen LogP contribution in [0.3, 0.4) is 0 Å². The molecular weight excluding hydrogens is 286 g/mol. The van der Waals surface area contributed by atoms with Crippen LogP contribution < -0.4 is 4.74 Å². The zero-order valence-electron chi connectivity index (χ0n) is 10.2. The molecule has 2 aromatic carbocycles. The predicted molar refractivity (Wildman–Crippen MR) is 70.1 cm³/mol. The highest BCUT2D eigenvalue weighted by molar-refractivity contribution is 6.31. The standard InChI is InChI=1S/C15H9ClF2O2/c16-8-4-5-13-9(6-8)12(19)7-14(20-13)15-10(17)2-1-3-11(15)18/h1-6,14H,7H2. The van der Waals surface area contributed by atoms with Crippen LogP contribution >= 0.6 is 11.6 Å². The van der Waals surface area contributed by atoms with Gasteiger partial charge in [-0.05, 0) is 30.3 Å². The second-order valence-corrected chi connectivity index (χ2v) is 4.95. The number of hydrogen-bond donors (Lipinski definition) is 0. The zero-order valence-corrected chi connectivity index (χ0v) is 11.0. The molecule has 0 amide bonds. The Kier molecular flexibility index (Phi) is 3.18. The van der Waals surface area contributed by atoms with Gasteiger partial charge in [0.25, 0.3) is 0 Å². The maximum atomic E-state index is 13.7. The SMILES string of the molecule is O=C1CC(c2c(F)cccc2F)Oc2ccc(Cl)cc21. The number of hydrogen-bond acceptors (Lipinski definition) is 2. The number of carbonyl (C=O) groups is 1. The van der Waals surface area contributed by atoms with E-state index >= 15 is 0 Å². The van der Waals surface area contributed by atoms with Gasteiger partial charge in [-0.1, -0.05) is 17.7 Å². The van der Waals surface area contributed by atoms with Crippen LogP contribution in [0.15, 0.2) is 36.4 Å².